The predicted octanol–water partition coefficient (Wildman–Crippen LogP) is 2.90. The second-order valence-electron chi connectivity index (χ2n) is 4.76. The van der Waals surface area contributed by atoms with Gasteiger partial charge in [0, 0.05) is 23.2 Å². The molecule has 0 saturated heterocycles. The average molecular weight is 298 g/mol. The molecule has 1 atom stereocenters. The Hall–Kier alpha value is -1.37. The molecule has 2 rings (SSSR count). The molecule has 0 aliphatic heterocycles. The number of aliphatic hydroxyl groups excluding tert-OH is 1. The van der Waals surface area contributed by atoms with Crippen molar-refractivity contribution in [2.75, 3.05) is 13.6 Å². The molecule has 20 heavy (non-hydrogen) atoms. The molecule has 108 valence electrons. The standard InChI is InChI=1S/C14H16F2N2OS/c1-9-8-20-14(17-9)7-18(2)6-13(19)11-5-10(15)3-4-12(11)16/h3-5,8,13,19H,6-7H2,1-2H3. The van der Waals surface area contributed by atoms with Gasteiger partial charge in [-0.15, -0.1) is 11.3 Å². The molecular formula is C14H16F2N2OS. The van der Waals surface area contributed by atoms with Crippen LogP contribution in [0.15, 0.2) is 23.6 Å². The zero-order chi connectivity index (χ0) is 14.7. The topological polar surface area (TPSA) is 36.4 Å². The highest BCUT2D eigenvalue weighted by atomic mass is 32.1. The molecule has 1 heterocycles. The lowest BCUT2D eigenvalue weighted by atomic mass is 10.1. The third-order valence-corrected chi connectivity index (χ3v) is 3.82. The molecule has 2 aromatic rings. The van der Waals surface area contributed by atoms with E-state index in [-0.39, 0.29) is 12.1 Å². The first-order chi connectivity index (χ1) is 9.45. The van der Waals surface area contributed by atoms with Gasteiger partial charge >= 0.3 is 0 Å². The van der Waals surface area contributed by atoms with Crippen LogP contribution in [0.5, 0.6) is 0 Å². The van der Waals surface area contributed by atoms with E-state index in [0.29, 0.717) is 6.54 Å². The van der Waals surface area contributed by atoms with Crippen LogP contribution in [-0.4, -0.2) is 28.6 Å². The summed E-state index contributed by atoms with van der Waals surface area (Å²) in [6.45, 7) is 2.68. The van der Waals surface area contributed by atoms with Crippen LogP contribution in [0.25, 0.3) is 0 Å². The second-order valence-corrected chi connectivity index (χ2v) is 5.70. The average Bonchev–Trinajstić information content (AvgIpc) is 2.77. The SMILES string of the molecule is Cc1csc(CN(C)CC(O)c2cc(F)ccc2F)n1. The fraction of sp³-hybridized carbons (Fsp3) is 0.357. The van der Waals surface area contributed by atoms with E-state index in [0.717, 1.165) is 28.9 Å². The molecule has 6 heteroatoms. The van der Waals surface area contributed by atoms with Crippen molar-refractivity contribution in [3.05, 3.63) is 51.5 Å². The summed E-state index contributed by atoms with van der Waals surface area (Å²) >= 11 is 1.54. The number of benzene rings is 1. The zero-order valence-corrected chi connectivity index (χ0v) is 12.1. The van der Waals surface area contributed by atoms with Gasteiger partial charge in [-0.3, -0.25) is 4.90 Å². The third-order valence-electron chi connectivity index (χ3n) is 2.87. The maximum absolute atomic E-state index is 13.5. The lowest BCUT2D eigenvalue weighted by Gasteiger charge is -2.20. The molecule has 0 aliphatic rings. The maximum atomic E-state index is 13.5. The molecular weight excluding hydrogens is 282 g/mol. The Kier molecular flexibility index (Phi) is 4.80. The number of rotatable bonds is 5. The van der Waals surface area contributed by atoms with E-state index in [1.54, 1.807) is 7.05 Å². The number of aryl methyl sites for hydroxylation is 1. The molecule has 0 bridgehead atoms. The molecule has 1 aromatic carbocycles. The van der Waals surface area contributed by atoms with Gasteiger partial charge in [-0.05, 0) is 32.2 Å². The second kappa shape index (κ2) is 6.39. The van der Waals surface area contributed by atoms with Crippen molar-refractivity contribution in [1.82, 2.24) is 9.88 Å². The Bertz CT molecular complexity index is 588. The number of aromatic nitrogens is 1. The molecule has 0 spiro atoms. The minimum absolute atomic E-state index is 0.0211. The van der Waals surface area contributed by atoms with E-state index < -0.39 is 17.7 Å². The predicted molar refractivity (Wildman–Crippen MR) is 74.5 cm³/mol. The minimum atomic E-state index is -1.07. The summed E-state index contributed by atoms with van der Waals surface area (Å²) in [6, 6.07) is 3.09. The molecule has 0 saturated carbocycles. The first-order valence-electron chi connectivity index (χ1n) is 6.18. The van der Waals surface area contributed by atoms with Crippen molar-refractivity contribution >= 4 is 11.3 Å². The smallest absolute Gasteiger partial charge is 0.129 e. The largest absolute Gasteiger partial charge is 0.387 e. The van der Waals surface area contributed by atoms with Gasteiger partial charge in [-0.2, -0.15) is 0 Å². The Morgan fingerprint density at radius 2 is 2.15 bits per heavy atom. The first kappa shape index (κ1) is 15.0. The molecule has 3 nitrogen and oxygen atoms in total. The summed E-state index contributed by atoms with van der Waals surface area (Å²) in [4.78, 5) is 6.15. The van der Waals surface area contributed by atoms with Crippen molar-refractivity contribution in [2.45, 2.75) is 19.6 Å². The minimum Gasteiger partial charge on any atom is -0.387 e. The van der Waals surface area contributed by atoms with Gasteiger partial charge in [-0.25, -0.2) is 13.8 Å². The number of hydrogen-bond acceptors (Lipinski definition) is 4. The number of halogens is 2. The third kappa shape index (κ3) is 3.82. The fourth-order valence-electron chi connectivity index (χ4n) is 1.93. The fourth-order valence-corrected chi connectivity index (χ4v) is 2.79. The van der Waals surface area contributed by atoms with Crippen LogP contribution in [0, 0.1) is 18.6 Å². The Morgan fingerprint density at radius 3 is 2.80 bits per heavy atom. The van der Waals surface area contributed by atoms with Crippen LogP contribution in [0.2, 0.25) is 0 Å². The molecule has 1 aromatic heterocycles. The van der Waals surface area contributed by atoms with Crippen molar-refractivity contribution in [2.24, 2.45) is 0 Å². The molecule has 1 unspecified atom stereocenters. The van der Waals surface area contributed by atoms with E-state index in [4.69, 9.17) is 0 Å². The quantitative estimate of drug-likeness (QED) is 0.922. The lowest BCUT2D eigenvalue weighted by Crippen LogP contribution is -2.24. The Morgan fingerprint density at radius 1 is 1.40 bits per heavy atom. The molecule has 1 N–H and O–H groups in total. The van der Waals surface area contributed by atoms with Crippen LogP contribution in [-0.2, 0) is 6.54 Å². The molecule has 0 amide bonds. The van der Waals surface area contributed by atoms with Gasteiger partial charge in [0.25, 0.3) is 0 Å². The molecule has 0 aliphatic carbocycles. The van der Waals surface area contributed by atoms with Gasteiger partial charge in [0.2, 0.25) is 0 Å². The van der Waals surface area contributed by atoms with Crippen LogP contribution in [0.4, 0.5) is 8.78 Å². The van der Waals surface area contributed by atoms with Crippen LogP contribution < -0.4 is 0 Å². The summed E-state index contributed by atoms with van der Waals surface area (Å²) in [5.74, 6) is -1.16. The van der Waals surface area contributed by atoms with Crippen molar-refractivity contribution < 1.29 is 13.9 Å². The lowest BCUT2D eigenvalue weighted by molar-refractivity contribution is 0.120. The van der Waals surface area contributed by atoms with Crippen LogP contribution in [0.1, 0.15) is 22.4 Å². The summed E-state index contributed by atoms with van der Waals surface area (Å²) in [5.41, 5.74) is 0.933. The van der Waals surface area contributed by atoms with Gasteiger partial charge in [-0.1, -0.05) is 0 Å². The normalized spacial score (nSPS) is 12.9. The van der Waals surface area contributed by atoms with Gasteiger partial charge in [0.1, 0.15) is 16.6 Å². The maximum Gasteiger partial charge on any atom is 0.129 e. The van der Waals surface area contributed by atoms with Crippen molar-refractivity contribution in [3.8, 4) is 0 Å². The zero-order valence-electron chi connectivity index (χ0n) is 11.3. The summed E-state index contributed by atoms with van der Waals surface area (Å²) in [6.07, 6.45) is -1.07. The van der Waals surface area contributed by atoms with Crippen LogP contribution >= 0.6 is 11.3 Å². The highest BCUT2D eigenvalue weighted by Gasteiger charge is 2.16. The number of thiazole rings is 1. The van der Waals surface area contributed by atoms with E-state index >= 15 is 0 Å². The van der Waals surface area contributed by atoms with Crippen molar-refractivity contribution in [3.63, 3.8) is 0 Å². The Balaban J connectivity index is 1.99. The number of aliphatic hydroxyl groups is 1. The van der Waals surface area contributed by atoms with E-state index in [1.165, 1.54) is 11.3 Å². The molecule has 0 radical (unpaired) electrons. The van der Waals surface area contributed by atoms with E-state index in [9.17, 15) is 13.9 Å². The van der Waals surface area contributed by atoms with Crippen LogP contribution in [0.3, 0.4) is 0 Å². The number of nitrogens with zero attached hydrogens (tertiary/aromatic N) is 2. The molecule has 0 fully saturated rings. The highest BCUT2D eigenvalue weighted by Crippen LogP contribution is 2.20. The summed E-state index contributed by atoms with van der Waals surface area (Å²) < 4.78 is 26.6. The van der Waals surface area contributed by atoms with Gasteiger partial charge in [0.15, 0.2) is 0 Å². The summed E-state index contributed by atoms with van der Waals surface area (Å²) in [7, 11) is 1.80. The highest BCUT2D eigenvalue weighted by molar-refractivity contribution is 7.09. The number of likely N-dealkylation sites (N-methyl/N-ethyl adjacent to an activating group) is 1. The van der Waals surface area contributed by atoms with Gasteiger partial charge < -0.3 is 5.11 Å². The number of hydrogen-bond donors (Lipinski definition) is 1. The first-order valence-corrected chi connectivity index (χ1v) is 7.06. The van der Waals surface area contributed by atoms with E-state index in [2.05, 4.69) is 4.98 Å². The van der Waals surface area contributed by atoms with Crippen molar-refractivity contribution in [1.29, 1.82) is 0 Å². The van der Waals surface area contributed by atoms with Gasteiger partial charge in [0.05, 0.1) is 12.6 Å². The van der Waals surface area contributed by atoms with E-state index in [1.807, 2.05) is 17.2 Å². The summed E-state index contributed by atoms with van der Waals surface area (Å²) in [5, 5.41) is 12.9. The monoisotopic (exact) mass is 298 g/mol. The Labute approximate surface area is 120 Å².